The lowest BCUT2D eigenvalue weighted by molar-refractivity contribution is 0.0681. The summed E-state index contributed by atoms with van der Waals surface area (Å²) in [5, 5.41) is 3.73. The summed E-state index contributed by atoms with van der Waals surface area (Å²) in [4.78, 5) is 12.7. The van der Waals surface area contributed by atoms with E-state index in [9.17, 15) is 4.79 Å². The first-order valence-electron chi connectivity index (χ1n) is 9.32. The number of nitrogens with one attached hydrogen (secondary N) is 1. The Morgan fingerprint density at radius 1 is 1.28 bits per heavy atom. The zero-order valence-corrected chi connectivity index (χ0v) is 15.6. The Balaban J connectivity index is 0.00000182. The van der Waals surface area contributed by atoms with Gasteiger partial charge in [0.05, 0.1) is 23.3 Å². The maximum absolute atomic E-state index is 12.7. The van der Waals surface area contributed by atoms with E-state index in [0.717, 1.165) is 31.1 Å². The van der Waals surface area contributed by atoms with Crippen molar-refractivity contribution in [2.75, 3.05) is 13.2 Å². The van der Waals surface area contributed by atoms with Crippen LogP contribution in [-0.4, -0.2) is 25.2 Å². The van der Waals surface area contributed by atoms with E-state index in [1.54, 1.807) is 0 Å². The molecule has 2 radical (unpaired) electrons. The highest BCUT2D eigenvalue weighted by Crippen LogP contribution is 2.48. The van der Waals surface area contributed by atoms with Gasteiger partial charge in [-0.1, -0.05) is 50.8 Å². The molecule has 0 unspecified atom stereocenters. The first-order chi connectivity index (χ1) is 11.6. The summed E-state index contributed by atoms with van der Waals surface area (Å²) in [6, 6.07) is 5.76. The minimum atomic E-state index is -0.0272. The average Bonchev–Trinajstić information content (AvgIpc) is 3.39. The predicted molar refractivity (Wildman–Crippen MR) is 101 cm³/mol. The number of hydrogen-bond acceptors (Lipinski definition) is 2. The van der Waals surface area contributed by atoms with Crippen molar-refractivity contribution in [1.82, 2.24) is 5.32 Å². The van der Waals surface area contributed by atoms with Gasteiger partial charge in [0.2, 0.25) is 0 Å². The van der Waals surface area contributed by atoms with Gasteiger partial charge in [-0.15, -0.1) is 0 Å². The molecule has 1 aromatic carbocycles. The molecule has 25 heavy (non-hydrogen) atoms. The summed E-state index contributed by atoms with van der Waals surface area (Å²) in [5.74, 6) is 0.857. The SMILES string of the molecule is O=C(NCC12CCCC(CCC1)C2)c1cc(C[C@@H]2CO2)ccc1Cl.[CH2]. The van der Waals surface area contributed by atoms with Crippen LogP contribution in [0.3, 0.4) is 0 Å². The minimum Gasteiger partial charge on any atom is -0.373 e. The molecule has 136 valence electrons. The Labute approximate surface area is 156 Å². The summed E-state index contributed by atoms with van der Waals surface area (Å²) in [7, 11) is 0. The Morgan fingerprint density at radius 2 is 2.00 bits per heavy atom. The van der Waals surface area contributed by atoms with Crippen molar-refractivity contribution in [3.8, 4) is 0 Å². The Bertz CT molecular complexity index is 616. The van der Waals surface area contributed by atoms with E-state index in [-0.39, 0.29) is 13.3 Å². The second-order valence-electron chi connectivity index (χ2n) is 8.01. The maximum atomic E-state index is 12.7. The first-order valence-corrected chi connectivity index (χ1v) is 9.70. The van der Waals surface area contributed by atoms with E-state index < -0.39 is 0 Å². The number of halogens is 1. The molecule has 3 nitrogen and oxygen atoms in total. The van der Waals surface area contributed by atoms with Crippen molar-refractivity contribution in [2.45, 2.75) is 57.5 Å². The molecule has 2 saturated carbocycles. The third kappa shape index (κ3) is 4.38. The lowest BCUT2D eigenvalue weighted by Crippen LogP contribution is -2.43. The van der Waals surface area contributed by atoms with E-state index in [0.29, 0.717) is 22.1 Å². The first kappa shape index (κ1) is 18.7. The third-order valence-electron chi connectivity index (χ3n) is 6.13. The van der Waals surface area contributed by atoms with E-state index in [2.05, 4.69) is 5.32 Å². The molecular formula is C21H28ClNO2. The molecule has 1 amide bonds. The number of hydrogen-bond donors (Lipinski definition) is 1. The molecule has 2 bridgehead atoms. The molecule has 1 N–H and O–H groups in total. The summed E-state index contributed by atoms with van der Waals surface area (Å²) in [5.41, 5.74) is 2.07. The lowest BCUT2D eigenvalue weighted by Gasteiger charge is -2.45. The number of carbonyl (C=O) groups is 1. The van der Waals surface area contributed by atoms with Gasteiger partial charge in [0.1, 0.15) is 0 Å². The van der Waals surface area contributed by atoms with Gasteiger partial charge in [0.15, 0.2) is 0 Å². The van der Waals surface area contributed by atoms with Crippen LogP contribution in [0.1, 0.15) is 60.9 Å². The van der Waals surface area contributed by atoms with Crippen LogP contribution < -0.4 is 5.32 Å². The van der Waals surface area contributed by atoms with Crippen LogP contribution in [0.25, 0.3) is 0 Å². The van der Waals surface area contributed by atoms with Crippen molar-refractivity contribution >= 4 is 17.5 Å². The predicted octanol–water partition coefficient (Wildman–Crippen LogP) is 4.70. The number of epoxide rings is 1. The van der Waals surface area contributed by atoms with Gasteiger partial charge in [0.25, 0.3) is 5.91 Å². The van der Waals surface area contributed by atoms with Crippen molar-refractivity contribution in [2.24, 2.45) is 11.3 Å². The summed E-state index contributed by atoms with van der Waals surface area (Å²) in [6.07, 6.45) is 10.4. The van der Waals surface area contributed by atoms with E-state index in [1.165, 1.54) is 44.9 Å². The van der Waals surface area contributed by atoms with Crippen molar-refractivity contribution in [3.05, 3.63) is 41.8 Å². The molecule has 1 aliphatic heterocycles. The second-order valence-corrected chi connectivity index (χ2v) is 8.42. The zero-order valence-electron chi connectivity index (χ0n) is 14.9. The number of carbonyl (C=O) groups excluding carboxylic acids is 1. The molecular weight excluding hydrogens is 334 g/mol. The van der Waals surface area contributed by atoms with Gasteiger partial charge in [-0.3, -0.25) is 4.79 Å². The molecule has 1 aromatic rings. The number of amides is 1. The fourth-order valence-electron chi connectivity index (χ4n) is 4.76. The van der Waals surface area contributed by atoms with Gasteiger partial charge in [0, 0.05) is 13.0 Å². The monoisotopic (exact) mass is 361 g/mol. The molecule has 2 aliphatic carbocycles. The van der Waals surface area contributed by atoms with E-state index >= 15 is 0 Å². The van der Waals surface area contributed by atoms with Crippen LogP contribution in [0.15, 0.2) is 18.2 Å². The average molecular weight is 362 g/mol. The van der Waals surface area contributed by atoms with Crippen molar-refractivity contribution in [3.63, 3.8) is 0 Å². The van der Waals surface area contributed by atoms with Crippen LogP contribution in [0.5, 0.6) is 0 Å². The topological polar surface area (TPSA) is 41.6 Å². The standard InChI is InChI=1S/C20H26ClNO2.CH2/c21-18-6-5-15(9-16-12-24-16)10-17(18)19(23)22-13-20-7-1-3-14(11-20)4-2-8-20;/h5-6,10,14,16H,1-4,7-9,11-13H2,(H,22,23);1H2/t14?,16-,20?;/m1./s1. The van der Waals surface area contributed by atoms with Crippen LogP contribution in [0.4, 0.5) is 0 Å². The van der Waals surface area contributed by atoms with Crippen molar-refractivity contribution in [1.29, 1.82) is 0 Å². The Morgan fingerprint density at radius 3 is 2.68 bits per heavy atom. The molecule has 1 saturated heterocycles. The highest BCUT2D eigenvalue weighted by atomic mass is 35.5. The maximum Gasteiger partial charge on any atom is 0.252 e. The molecule has 4 heteroatoms. The summed E-state index contributed by atoms with van der Waals surface area (Å²) >= 11 is 6.28. The lowest BCUT2D eigenvalue weighted by atomic mass is 9.62. The normalized spacial score (nSPS) is 30.3. The smallest absolute Gasteiger partial charge is 0.252 e. The fourth-order valence-corrected chi connectivity index (χ4v) is 4.96. The highest BCUT2D eigenvalue weighted by Gasteiger charge is 2.39. The van der Waals surface area contributed by atoms with Gasteiger partial charge in [-0.2, -0.15) is 0 Å². The van der Waals surface area contributed by atoms with E-state index in [4.69, 9.17) is 16.3 Å². The molecule has 1 atom stereocenters. The zero-order chi connectivity index (χ0) is 16.6. The molecule has 3 fully saturated rings. The minimum absolute atomic E-state index is 0. The third-order valence-corrected chi connectivity index (χ3v) is 6.46. The molecule has 1 heterocycles. The van der Waals surface area contributed by atoms with Crippen LogP contribution in [0.2, 0.25) is 5.02 Å². The van der Waals surface area contributed by atoms with Crippen LogP contribution >= 0.6 is 11.6 Å². The Kier molecular flexibility index (Phi) is 5.75. The molecule has 0 spiro atoms. The fraction of sp³-hybridized carbons (Fsp3) is 0.619. The van der Waals surface area contributed by atoms with Gasteiger partial charge in [-0.05, 0) is 48.3 Å². The highest BCUT2D eigenvalue weighted by molar-refractivity contribution is 6.33. The second kappa shape index (κ2) is 7.67. The number of ether oxygens (including phenoxy) is 1. The van der Waals surface area contributed by atoms with Gasteiger partial charge in [-0.25, -0.2) is 0 Å². The Hall–Kier alpha value is -1.06. The van der Waals surface area contributed by atoms with Crippen LogP contribution in [-0.2, 0) is 11.2 Å². The van der Waals surface area contributed by atoms with Gasteiger partial charge < -0.3 is 10.1 Å². The molecule has 0 aromatic heterocycles. The number of benzene rings is 1. The van der Waals surface area contributed by atoms with Crippen LogP contribution in [0, 0.1) is 18.8 Å². The number of rotatable bonds is 5. The number of fused-ring (bicyclic) bond motifs is 2. The largest absolute Gasteiger partial charge is 0.373 e. The van der Waals surface area contributed by atoms with E-state index in [1.807, 2.05) is 18.2 Å². The molecule has 4 rings (SSSR count). The summed E-state index contributed by atoms with van der Waals surface area (Å²) in [6.45, 7) is 1.63. The quantitative estimate of drug-likeness (QED) is 0.772. The molecule has 3 aliphatic rings. The summed E-state index contributed by atoms with van der Waals surface area (Å²) < 4.78 is 5.28. The van der Waals surface area contributed by atoms with Gasteiger partial charge >= 0.3 is 0 Å². The van der Waals surface area contributed by atoms with Crippen molar-refractivity contribution < 1.29 is 9.53 Å².